The van der Waals surface area contributed by atoms with Crippen LogP contribution in [0.4, 0.5) is 0 Å². The van der Waals surface area contributed by atoms with Crippen molar-refractivity contribution in [1.29, 1.82) is 0 Å². The summed E-state index contributed by atoms with van der Waals surface area (Å²) < 4.78 is 2.24. The van der Waals surface area contributed by atoms with Crippen LogP contribution >= 0.6 is 0 Å². The van der Waals surface area contributed by atoms with Gasteiger partial charge in [-0.05, 0) is 0 Å². The molecule has 2 rings (SSSR count). The van der Waals surface area contributed by atoms with E-state index < -0.39 is 0 Å². The van der Waals surface area contributed by atoms with Crippen LogP contribution in [0.3, 0.4) is 0 Å². The molecule has 2 aromatic rings. The van der Waals surface area contributed by atoms with Gasteiger partial charge in [0, 0.05) is 0 Å². The zero-order chi connectivity index (χ0) is 14.2. The number of rotatable bonds is 5. The summed E-state index contributed by atoms with van der Waals surface area (Å²) in [5.74, 6) is 0. The maximum atomic E-state index is 4.39. The Hall–Kier alpha value is -1.18. The normalized spacial score (nSPS) is 11.4. The summed E-state index contributed by atoms with van der Waals surface area (Å²) >= 11 is 6.05. The summed E-state index contributed by atoms with van der Waals surface area (Å²) in [5.41, 5.74) is 2.23. The molecule has 0 fully saturated rings. The first kappa shape index (κ1) is 15.2. The van der Waals surface area contributed by atoms with E-state index in [9.17, 15) is 0 Å². The van der Waals surface area contributed by atoms with Crippen molar-refractivity contribution < 1.29 is 0 Å². The van der Waals surface area contributed by atoms with Crippen LogP contribution in [0, 0.1) is 0 Å². The molecule has 0 heterocycles. The van der Waals surface area contributed by atoms with Gasteiger partial charge in [-0.15, -0.1) is 0 Å². The topological polar surface area (TPSA) is 24.7 Å². The molecule has 0 spiro atoms. The average molecular weight is 392 g/mol. The van der Waals surface area contributed by atoms with Crippen molar-refractivity contribution in [3.05, 3.63) is 59.7 Å². The summed E-state index contributed by atoms with van der Waals surface area (Å²) in [4.78, 5) is 8.78. The summed E-state index contributed by atoms with van der Waals surface area (Å²) in [6.07, 6.45) is 3.78. The zero-order valence-corrected chi connectivity index (χ0v) is 14.3. The predicted octanol–water partition coefficient (Wildman–Crippen LogP) is 0.812. The molecule has 0 atom stereocenters. The van der Waals surface area contributed by atoms with Crippen molar-refractivity contribution in [3.8, 4) is 0 Å². The predicted molar refractivity (Wildman–Crippen MR) is 88.6 cm³/mol. The van der Waals surface area contributed by atoms with Crippen LogP contribution in [0.2, 0.25) is 0 Å². The maximum absolute atomic E-state index is 4.39. The minimum atomic E-state index is 0.695. The molecule has 2 nitrogen and oxygen atoms in total. The second-order valence-electron chi connectivity index (χ2n) is 4.15. The van der Waals surface area contributed by atoms with Gasteiger partial charge in [0.05, 0.1) is 0 Å². The molecule has 0 saturated carbocycles. The third-order valence-corrected chi connectivity index (χ3v) is 4.22. The average Bonchev–Trinajstić information content (AvgIpc) is 2.46. The molecule has 0 aliphatic heterocycles. The summed E-state index contributed by atoms with van der Waals surface area (Å²) in [6, 6.07) is 16.2. The van der Waals surface area contributed by atoms with E-state index in [1.807, 2.05) is 61.0 Å². The van der Waals surface area contributed by atoms with E-state index in [0.717, 1.165) is 20.1 Å². The second kappa shape index (κ2) is 8.18. The van der Waals surface area contributed by atoms with Gasteiger partial charge in [-0.3, -0.25) is 0 Å². The third-order valence-electron chi connectivity index (χ3n) is 2.66. The third kappa shape index (κ3) is 4.73. The molecule has 2 aromatic carbocycles. The van der Waals surface area contributed by atoms with Gasteiger partial charge in [0.15, 0.2) is 0 Å². The number of hydrogen-bond donors (Lipinski definition) is 0. The van der Waals surface area contributed by atoms with Crippen LogP contribution in [-0.4, -0.2) is 57.5 Å². The fraction of sp³-hybridized carbons (Fsp3) is 0.125. The van der Waals surface area contributed by atoms with E-state index in [1.54, 1.807) is 0 Å². The Labute approximate surface area is 136 Å². The molecular formula is C16H14N2Se2. The molecule has 20 heavy (non-hydrogen) atoms. The van der Waals surface area contributed by atoms with Crippen LogP contribution in [0.5, 0.6) is 0 Å². The number of benzene rings is 2. The molecule has 0 unspecified atom stereocenters. The van der Waals surface area contributed by atoms with Gasteiger partial charge >= 0.3 is 136 Å². The Morgan fingerprint density at radius 1 is 0.700 bits per heavy atom. The minimum absolute atomic E-state index is 0.695. The van der Waals surface area contributed by atoms with E-state index >= 15 is 0 Å². The van der Waals surface area contributed by atoms with Gasteiger partial charge in [-0.25, -0.2) is 0 Å². The fourth-order valence-electron chi connectivity index (χ4n) is 1.62. The standard InChI is InChI=1S/C16H14N2Se2/c19-15-7-3-1-5-13(15)11-17-9-10-18-12-14-6-2-4-8-16(14)20/h1-8,11-12H,9-10H2. The number of nitrogens with zero attached hydrogens (tertiary/aromatic N) is 2. The van der Waals surface area contributed by atoms with Crippen molar-refractivity contribution >= 4 is 53.4 Å². The van der Waals surface area contributed by atoms with Gasteiger partial charge in [0.25, 0.3) is 0 Å². The van der Waals surface area contributed by atoms with Crippen LogP contribution in [0.25, 0.3) is 0 Å². The molecule has 4 heteroatoms. The van der Waals surface area contributed by atoms with E-state index in [4.69, 9.17) is 0 Å². The molecule has 0 aromatic heterocycles. The molecule has 100 valence electrons. The van der Waals surface area contributed by atoms with Crippen LogP contribution < -0.4 is 8.92 Å². The number of aliphatic imine (C=N–C) groups is 2. The zero-order valence-electron chi connectivity index (χ0n) is 10.9. The van der Waals surface area contributed by atoms with Gasteiger partial charge in [0.2, 0.25) is 0 Å². The summed E-state index contributed by atoms with van der Waals surface area (Å²) in [5, 5.41) is 0. The molecule has 0 saturated heterocycles. The Kier molecular flexibility index (Phi) is 6.22. The molecular weight excluding hydrogens is 378 g/mol. The van der Waals surface area contributed by atoms with Crippen molar-refractivity contribution in [3.63, 3.8) is 0 Å². The molecule has 0 N–H and O–H groups in total. The van der Waals surface area contributed by atoms with E-state index in [0.29, 0.717) is 13.1 Å². The van der Waals surface area contributed by atoms with Gasteiger partial charge in [0.1, 0.15) is 0 Å². The second-order valence-corrected chi connectivity index (χ2v) is 5.99. The van der Waals surface area contributed by atoms with Gasteiger partial charge in [-0.2, -0.15) is 0 Å². The van der Waals surface area contributed by atoms with E-state index in [1.165, 1.54) is 0 Å². The molecule has 0 aliphatic carbocycles. The Bertz CT molecular complexity index is 566. The molecule has 0 aliphatic rings. The summed E-state index contributed by atoms with van der Waals surface area (Å²) in [7, 11) is 0. The monoisotopic (exact) mass is 394 g/mol. The number of hydrogen-bond acceptors (Lipinski definition) is 2. The van der Waals surface area contributed by atoms with Crippen molar-refractivity contribution in [2.24, 2.45) is 9.98 Å². The fourth-order valence-corrected chi connectivity index (χ4v) is 2.45. The first-order valence-electron chi connectivity index (χ1n) is 6.29. The first-order chi connectivity index (χ1) is 9.77. The molecule has 2 radical (unpaired) electrons. The quantitative estimate of drug-likeness (QED) is 0.409. The van der Waals surface area contributed by atoms with Crippen molar-refractivity contribution in [2.75, 3.05) is 13.1 Å². The Morgan fingerprint density at radius 3 is 1.50 bits per heavy atom. The Balaban J connectivity index is 1.82. The van der Waals surface area contributed by atoms with Crippen molar-refractivity contribution in [1.82, 2.24) is 0 Å². The van der Waals surface area contributed by atoms with E-state index in [-0.39, 0.29) is 0 Å². The molecule has 0 amide bonds. The van der Waals surface area contributed by atoms with Crippen LogP contribution in [-0.2, 0) is 0 Å². The van der Waals surface area contributed by atoms with Gasteiger partial charge < -0.3 is 0 Å². The SMILES string of the molecule is [Se]c1ccccc1C=NCCN=Cc1ccccc1[Se]. The van der Waals surface area contributed by atoms with E-state index in [2.05, 4.69) is 42.0 Å². The van der Waals surface area contributed by atoms with Gasteiger partial charge in [-0.1, -0.05) is 0 Å². The van der Waals surface area contributed by atoms with Crippen molar-refractivity contribution in [2.45, 2.75) is 0 Å². The first-order valence-corrected chi connectivity index (χ1v) is 8.00. The molecule has 0 bridgehead atoms. The summed E-state index contributed by atoms with van der Waals surface area (Å²) in [6.45, 7) is 1.39. The van der Waals surface area contributed by atoms with Crippen LogP contribution in [0.1, 0.15) is 11.1 Å². The Morgan fingerprint density at radius 2 is 1.10 bits per heavy atom. The van der Waals surface area contributed by atoms with Crippen LogP contribution in [0.15, 0.2) is 58.5 Å².